The molecule has 0 bridgehead atoms. The SMILES string of the molecule is N#CC1(C(=O)Nc2cc(-c3[nH]c4c(c3Cc3ccccc3)C(=O)CCC4)ccn2)CC1. The van der Waals surface area contributed by atoms with Crippen LogP contribution in [0.25, 0.3) is 11.3 Å². The van der Waals surface area contributed by atoms with Crippen molar-refractivity contribution in [2.75, 3.05) is 5.32 Å². The van der Waals surface area contributed by atoms with Gasteiger partial charge >= 0.3 is 0 Å². The van der Waals surface area contributed by atoms with Gasteiger partial charge in [-0.25, -0.2) is 4.98 Å². The number of pyridine rings is 1. The first kappa shape index (κ1) is 19.3. The number of nitrogens with one attached hydrogen (secondary N) is 2. The Morgan fingerprint density at radius 1 is 1.19 bits per heavy atom. The zero-order valence-corrected chi connectivity index (χ0v) is 17.1. The molecule has 1 aromatic carbocycles. The summed E-state index contributed by atoms with van der Waals surface area (Å²) in [6, 6.07) is 15.9. The van der Waals surface area contributed by atoms with Gasteiger partial charge in [-0.05, 0) is 48.9 Å². The molecule has 2 aliphatic carbocycles. The lowest BCUT2D eigenvalue weighted by molar-refractivity contribution is -0.119. The Kier molecular flexibility index (Phi) is 4.67. The largest absolute Gasteiger partial charge is 0.358 e. The Balaban J connectivity index is 1.53. The second-order valence-electron chi connectivity index (χ2n) is 8.35. The number of benzene rings is 1. The molecule has 6 heteroatoms. The topological polar surface area (TPSA) is 98.6 Å². The molecule has 2 heterocycles. The number of hydrogen-bond acceptors (Lipinski definition) is 4. The van der Waals surface area contributed by atoms with Crippen LogP contribution in [-0.2, 0) is 17.6 Å². The maximum absolute atomic E-state index is 12.8. The summed E-state index contributed by atoms with van der Waals surface area (Å²) in [7, 11) is 0. The van der Waals surface area contributed by atoms with Gasteiger partial charge in [-0.15, -0.1) is 0 Å². The highest BCUT2D eigenvalue weighted by Crippen LogP contribution is 2.45. The molecule has 0 atom stereocenters. The average Bonchev–Trinajstić information content (AvgIpc) is 3.51. The van der Waals surface area contributed by atoms with Crippen molar-refractivity contribution >= 4 is 17.5 Å². The lowest BCUT2D eigenvalue weighted by atomic mass is 9.90. The highest BCUT2D eigenvalue weighted by atomic mass is 16.2. The summed E-state index contributed by atoms with van der Waals surface area (Å²) in [6.07, 6.45) is 5.73. The Morgan fingerprint density at radius 2 is 2.00 bits per heavy atom. The normalized spacial score (nSPS) is 16.3. The molecule has 0 unspecified atom stereocenters. The van der Waals surface area contributed by atoms with Crippen molar-refractivity contribution in [1.29, 1.82) is 5.26 Å². The number of aromatic amines is 1. The van der Waals surface area contributed by atoms with Crippen LogP contribution in [0.4, 0.5) is 5.82 Å². The Labute approximate surface area is 180 Å². The molecule has 31 heavy (non-hydrogen) atoms. The van der Waals surface area contributed by atoms with Gasteiger partial charge in [0.1, 0.15) is 11.2 Å². The number of aryl methyl sites for hydroxylation is 1. The number of rotatable bonds is 5. The zero-order chi connectivity index (χ0) is 21.4. The molecule has 2 aliphatic rings. The number of fused-ring (bicyclic) bond motifs is 1. The van der Waals surface area contributed by atoms with Crippen LogP contribution >= 0.6 is 0 Å². The third-order valence-electron chi connectivity index (χ3n) is 6.20. The van der Waals surface area contributed by atoms with Crippen LogP contribution in [0.1, 0.15) is 52.9 Å². The van der Waals surface area contributed by atoms with Crippen molar-refractivity contribution in [3.63, 3.8) is 0 Å². The van der Waals surface area contributed by atoms with E-state index in [9.17, 15) is 14.9 Å². The standard InChI is InChI=1S/C25H22N4O2/c26-15-25(10-11-25)24(31)29-21-14-17(9-12-27-21)23-18(13-16-5-2-1-3-6-16)22-19(28-23)7-4-8-20(22)30/h1-3,5-6,9,12,14,28H,4,7-8,10-11,13H2,(H,27,29,31). The lowest BCUT2D eigenvalue weighted by Crippen LogP contribution is -2.23. The highest BCUT2D eigenvalue weighted by molar-refractivity contribution is 6.02. The summed E-state index contributed by atoms with van der Waals surface area (Å²) in [5.74, 6) is 0.292. The first-order chi connectivity index (χ1) is 15.1. The van der Waals surface area contributed by atoms with Crippen LogP contribution in [-0.4, -0.2) is 21.7 Å². The van der Waals surface area contributed by atoms with Crippen molar-refractivity contribution in [2.45, 2.75) is 38.5 Å². The van der Waals surface area contributed by atoms with Gasteiger partial charge in [-0.3, -0.25) is 9.59 Å². The minimum Gasteiger partial charge on any atom is -0.358 e. The molecule has 1 fully saturated rings. The molecule has 2 N–H and O–H groups in total. The predicted octanol–water partition coefficient (Wildman–Crippen LogP) is 4.43. The number of carbonyl (C=O) groups excluding carboxylic acids is 2. The first-order valence-corrected chi connectivity index (χ1v) is 10.6. The average molecular weight is 410 g/mol. The lowest BCUT2D eigenvalue weighted by Gasteiger charge is -2.12. The number of ketones is 1. The fourth-order valence-electron chi connectivity index (χ4n) is 4.30. The van der Waals surface area contributed by atoms with Gasteiger partial charge in [0.05, 0.1) is 11.8 Å². The van der Waals surface area contributed by atoms with E-state index < -0.39 is 5.41 Å². The second kappa shape index (κ2) is 7.51. The number of carbonyl (C=O) groups is 2. The van der Waals surface area contributed by atoms with Crippen molar-refractivity contribution in [1.82, 2.24) is 9.97 Å². The quantitative estimate of drug-likeness (QED) is 0.650. The number of aromatic nitrogens is 2. The summed E-state index contributed by atoms with van der Waals surface area (Å²) in [4.78, 5) is 33.0. The Hall–Kier alpha value is -3.72. The maximum atomic E-state index is 12.8. The predicted molar refractivity (Wildman–Crippen MR) is 116 cm³/mol. The van der Waals surface area contributed by atoms with Crippen LogP contribution in [0, 0.1) is 16.7 Å². The summed E-state index contributed by atoms with van der Waals surface area (Å²) in [5, 5.41) is 12.1. The molecule has 1 saturated carbocycles. The van der Waals surface area contributed by atoms with Gasteiger partial charge in [-0.1, -0.05) is 30.3 Å². The number of H-pyrrole nitrogens is 1. The van der Waals surface area contributed by atoms with E-state index in [1.165, 1.54) is 0 Å². The van der Waals surface area contributed by atoms with Gasteiger partial charge in [0.2, 0.25) is 5.91 Å². The van der Waals surface area contributed by atoms with Gasteiger partial charge < -0.3 is 10.3 Å². The van der Waals surface area contributed by atoms with Gasteiger partial charge in [0, 0.05) is 35.9 Å². The van der Waals surface area contributed by atoms with Gasteiger partial charge in [0.25, 0.3) is 0 Å². The summed E-state index contributed by atoms with van der Waals surface area (Å²) in [6.45, 7) is 0. The molecular weight excluding hydrogens is 388 g/mol. The number of anilines is 1. The molecule has 2 aromatic heterocycles. The number of hydrogen-bond donors (Lipinski definition) is 2. The fourth-order valence-corrected chi connectivity index (χ4v) is 4.30. The molecule has 0 saturated heterocycles. The maximum Gasteiger partial charge on any atom is 0.246 e. The van der Waals surface area contributed by atoms with E-state index in [4.69, 9.17) is 0 Å². The molecular formula is C25H22N4O2. The molecule has 6 nitrogen and oxygen atoms in total. The highest BCUT2D eigenvalue weighted by Gasteiger charge is 2.50. The number of Topliss-reactive ketones (excluding diaryl/α,β-unsaturated/α-hetero) is 1. The third kappa shape index (κ3) is 3.53. The van der Waals surface area contributed by atoms with E-state index in [0.29, 0.717) is 31.5 Å². The molecule has 5 rings (SSSR count). The fraction of sp³-hybridized carbons (Fsp3) is 0.280. The molecule has 0 spiro atoms. The zero-order valence-electron chi connectivity index (χ0n) is 17.1. The van der Waals surface area contributed by atoms with Crippen LogP contribution < -0.4 is 5.32 Å². The molecule has 0 aliphatic heterocycles. The van der Waals surface area contributed by atoms with Gasteiger partial charge in [-0.2, -0.15) is 5.26 Å². The van der Waals surface area contributed by atoms with E-state index in [1.54, 1.807) is 6.20 Å². The summed E-state index contributed by atoms with van der Waals surface area (Å²) in [5.41, 5.74) is 4.77. The van der Waals surface area contributed by atoms with E-state index in [2.05, 4.69) is 33.5 Å². The Bertz CT molecular complexity index is 1220. The van der Waals surface area contributed by atoms with Crippen LogP contribution in [0.3, 0.4) is 0 Å². The number of nitriles is 1. The smallest absolute Gasteiger partial charge is 0.246 e. The summed E-state index contributed by atoms with van der Waals surface area (Å²) < 4.78 is 0. The van der Waals surface area contributed by atoms with E-state index in [0.717, 1.165) is 46.5 Å². The second-order valence-corrected chi connectivity index (χ2v) is 8.35. The number of amides is 1. The minimum absolute atomic E-state index is 0.182. The van der Waals surface area contributed by atoms with E-state index in [1.807, 2.05) is 30.3 Å². The monoisotopic (exact) mass is 410 g/mol. The van der Waals surface area contributed by atoms with E-state index >= 15 is 0 Å². The van der Waals surface area contributed by atoms with Crippen molar-refractivity contribution in [3.8, 4) is 17.3 Å². The van der Waals surface area contributed by atoms with Crippen molar-refractivity contribution in [2.24, 2.45) is 5.41 Å². The van der Waals surface area contributed by atoms with Crippen LogP contribution in [0.15, 0.2) is 48.7 Å². The van der Waals surface area contributed by atoms with E-state index in [-0.39, 0.29) is 11.7 Å². The molecule has 3 aromatic rings. The molecule has 1 amide bonds. The molecule has 154 valence electrons. The number of nitrogens with zero attached hydrogens (tertiary/aromatic N) is 2. The minimum atomic E-state index is -0.909. The van der Waals surface area contributed by atoms with Crippen molar-refractivity contribution in [3.05, 3.63) is 71.0 Å². The van der Waals surface area contributed by atoms with Gasteiger partial charge in [0.15, 0.2) is 5.78 Å². The summed E-state index contributed by atoms with van der Waals surface area (Å²) >= 11 is 0. The Morgan fingerprint density at radius 3 is 2.74 bits per heavy atom. The van der Waals surface area contributed by atoms with Crippen LogP contribution in [0.2, 0.25) is 0 Å². The van der Waals surface area contributed by atoms with Crippen molar-refractivity contribution < 1.29 is 9.59 Å². The van der Waals surface area contributed by atoms with Crippen LogP contribution in [0.5, 0.6) is 0 Å². The first-order valence-electron chi connectivity index (χ1n) is 10.6. The molecule has 0 radical (unpaired) electrons. The third-order valence-corrected chi connectivity index (χ3v) is 6.20.